The van der Waals surface area contributed by atoms with E-state index in [0.29, 0.717) is 6.42 Å². The highest BCUT2D eigenvalue weighted by molar-refractivity contribution is 5.44. The molecule has 3 unspecified atom stereocenters. The van der Waals surface area contributed by atoms with Crippen LogP contribution < -0.4 is 9.47 Å². The molecule has 1 aromatic carbocycles. The van der Waals surface area contributed by atoms with Gasteiger partial charge in [0.15, 0.2) is 0 Å². The molecule has 3 atom stereocenters. The smallest absolute Gasteiger partial charge is 0.130 e. The first-order valence-corrected chi connectivity index (χ1v) is 6.93. The number of hydrogen-bond donors (Lipinski definition) is 1. The van der Waals surface area contributed by atoms with Crippen LogP contribution in [-0.4, -0.2) is 37.6 Å². The molecule has 0 aliphatic heterocycles. The average molecular weight is 280 g/mol. The van der Waals surface area contributed by atoms with Crippen molar-refractivity contribution >= 4 is 0 Å². The van der Waals surface area contributed by atoms with Gasteiger partial charge >= 0.3 is 0 Å². The van der Waals surface area contributed by atoms with Gasteiger partial charge < -0.3 is 19.3 Å². The van der Waals surface area contributed by atoms with Gasteiger partial charge in [0.05, 0.1) is 13.2 Å². The molecule has 1 N–H and O–H groups in total. The van der Waals surface area contributed by atoms with E-state index in [2.05, 4.69) is 20.8 Å². The molecule has 1 aliphatic rings. The molecule has 0 amide bonds. The number of rotatable bonds is 4. The predicted molar refractivity (Wildman–Crippen MR) is 77.5 cm³/mol. The predicted octanol–water partition coefficient (Wildman–Crippen LogP) is 2.52. The summed E-state index contributed by atoms with van der Waals surface area (Å²) >= 11 is 0. The van der Waals surface area contributed by atoms with Crippen LogP contribution in [0.25, 0.3) is 0 Å². The first-order chi connectivity index (χ1) is 9.36. The molecular weight excluding hydrogens is 256 g/mol. The summed E-state index contributed by atoms with van der Waals surface area (Å²) in [4.78, 5) is 0. The molecule has 1 aliphatic carbocycles. The Morgan fingerprint density at radius 2 is 1.90 bits per heavy atom. The van der Waals surface area contributed by atoms with Gasteiger partial charge in [-0.2, -0.15) is 0 Å². The number of benzene rings is 1. The first kappa shape index (κ1) is 15.1. The Kier molecular flexibility index (Phi) is 4.25. The number of ether oxygens (including phenoxy) is 3. The van der Waals surface area contributed by atoms with Crippen molar-refractivity contribution in [3.63, 3.8) is 0 Å². The van der Waals surface area contributed by atoms with Gasteiger partial charge in [-0.25, -0.2) is 0 Å². The first-order valence-electron chi connectivity index (χ1n) is 6.93. The van der Waals surface area contributed by atoms with Gasteiger partial charge in [0.2, 0.25) is 0 Å². The van der Waals surface area contributed by atoms with Crippen molar-refractivity contribution < 1.29 is 19.3 Å². The zero-order chi connectivity index (χ0) is 14.9. The van der Waals surface area contributed by atoms with Crippen molar-refractivity contribution in [1.29, 1.82) is 0 Å². The highest BCUT2D eigenvalue weighted by atomic mass is 16.6. The van der Waals surface area contributed by atoms with Crippen LogP contribution in [0.2, 0.25) is 0 Å². The van der Waals surface area contributed by atoms with Crippen LogP contribution in [0.3, 0.4) is 0 Å². The maximum atomic E-state index is 9.64. The zero-order valence-corrected chi connectivity index (χ0v) is 12.8. The van der Waals surface area contributed by atoms with E-state index >= 15 is 0 Å². The van der Waals surface area contributed by atoms with E-state index in [1.165, 1.54) is 0 Å². The standard InChI is InChI=1S/C16H24O4/c1-16(2,3)11-8-10(18-4)6-7-13(11)20-14-9-12(17)15(14)19-5/h6-8,12,14-15,17H,9H2,1-5H3. The fourth-order valence-corrected chi connectivity index (χ4v) is 2.47. The Morgan fingerprint density at radius 1 is 1.20 bits per heavy atom. The van der Waals surface area contributed by atoms with Crippen LogP contribution in [0.5, 0.6) is 11.5 Å². The van der Waals surface area contributed by atoms with Crippen LogP contribution >= 0.6 is 0 Å². The van der Waals surface area contributed by atoms with Crippen molar-refractivity contribution in [3.8, 4) is 11.5 Å². The number of aliphatic hydroxyl groups excluding tert-OH is 1. The Morgan fingerprint density at radius 3 is 2.40 bits per heavy atom. The molecule has 1 aromatic rings. The van der Waals surface area contributed by atoms with Gasteiger partial charge in [0.25, 0.3) is 0 Å². The molecule has 4 nitrogen and oxygen atoms in total. The largest absolute Gasteiger partial charge is 0.497 e. The summed E-state index contributed by atoms with van der Waals surface area (Å²) in [6, 6.07) is 5.82. The third-order valence-corrected chi connectivity index (χ3v) is 3.76. The van der Waals surface area contributed by atoms with Gasteiger partial charge in [-0.05, 0) is 23.6 Å². The lowest BCUT2D eigenvalue weighted by Crippen LogP contribution is -2.54. The molecule has 20 heavy (non-hydrogen) atoms. The highest BCUT2D eigenvalue weighted by Crippen LogP contribution is 2.37. The summed E-state index contributed by atoms with van der Waals surface area (Å²) in [5, 5.41) is 9.64. The lowest BCUT2D eigenvalue weighted by atomic mass is 9.85. The Hall–Kier alpha value is -1.26. The van der Waals surface area contributed by atoms with Crippen LogP contribution in [0.1, 0.15) is 32.8 Å². The van der Waals surface area contributed by atoms with Crippen LogP contribution in [0, 0.1) is 0 Å². The normalized spacial score (nSPS) is 26.0. The zero-order valence-electron chi connectivity index (χ0n) is 12.8. The summed E-state index contributed by atoms with van der Waals surface area (Å²) in [6.07, 6.45) is -0.163. The maximum Gasteiger partial charge on any atom is 0.130 e. The van der Waals surface area contributed by atoms with Crippen molar-refractivity contribution in [1.82, 2.24) is 0 Å². The van der Waals surface area contributed by atoms with Crippen LogP contribution in [0.4, 0.5) is 0 Å². The van der Waals surface area contributed by atoms with E-state index in [4.69, 9.17) is 14.2 Å². The number of hydrogen-bond acceptors (Lipinski definition) is 4. The highest BCUT2D eigenvalue weighted by Gasteiger charge is 2.42. The van der Waals surface area contributed by atoms with E-state index in [0.717, 1.165) is 17.1 Å². The van der Waals surface area contributed by atoms with Crippen LogP contribution in [0.15, 0.2) is 18.2 Å². The van der Waals surface area contributed by atoms with Crippen molar-refractivity contribution in [2.75, 3.05) is 14.2 Å². The van der Waals surface area contributed by atoms with Gasteiger partial charge in [0.1, 0.15) is 23.7 Å². The van der Waals surface area contributed by atoms with Gasteiger partial charge in [-0.15, -0.1) is 0 Å². The number of aliphatic hydroxyl groups is 1. The molecule has 0 radical (unpaired) electrons. The molecular formula is C16H24O4. The minimum Gasteiger partial charge on any atom is -0.497 e. The molecule has 1 fully saturated rings. The molecule has 0 heterocycles. The lowest BCUT2D eigenvalue weighted by molar-refractivity contribution is -0.149. The summed E-state index contributed by atoms with van der Waals surface area (Å²) in [6.45, 7) is 6.41. The topological polar surface area (TPSA) is 47.9 Å². The second kappa shape index (κ2) is 5.62. The van der Waals surface area contributed by atoms with E-state index in [-0.39, 0.29) is 17.6 Å². The SMILES string of the molecule is COc1ccc(OC2CC(O)C2OC)c(C(C)(C)C)c1. The lowest BCUT2D eigenvalue weighted by Gasteiger charge is -2.40. The Balaban J connectivity index is 2.23. The van der Waals surface area contributed by atoms with Crippen molar-refractivity contribution in [2.45, 2.75) is 50.9 Å². The monoisotopic (exact) mass is 280 g/mol. The molecule has 112 valence electrons. The minimum atomic E-state index is -0.429. The minimum absolute atomic E-state index is 0.0468. The number of methoxy groups -OCH3 is 2. The third-order valence-electron chi connectivity index (χ3n) is 3.76. The molecule has 0 spiro atoms. The molecule has 2 rings (SSSR count). The van der Waals surface area contributed by atoms with Crippen molar-refractivity contribution in [2.24, 2.45) is 0 Å². The van der Waals surface area contributed by atoms with Gasteiger partial charge in [-0.3, -0.25) is 0 Å². The fraction of sp³-hybridized carbons (Fsp3) is 0.625. The van der Waals surface area contributed by atoms with E-state index in [9.17, 15) is 5.11 Å². The van der Waals surface area contributed by atoms with Gasteiger partial charge in [0, 0.05) is 19.1 Å². The Bertz CT molecular complexity index is 464. The third kappa shape index (κ3) is 2.91. The summed E-state index contributed by atoms with van der Waals surface area (Å²) in [7, 11) is 3.26. The van der Waals surface area contributed by atoms with E-state index in [1.54, 1.807) is 14.2 Å². The average Bonchev–Trinajstić information content (AvgIpc) is 2.37. The molecule has 0 bridgehead atoms. The quantitative estimate of drug-likeness (QED) is 0.920. The summed E-state index contributed by atoms with van der Waals surface area (Å²) < 4.78 is 16.6. The Labute approximate surface area is 120 Å². The molecule has 1 saturated carbocycles. The maximum absolute atomic E-state index is 9.64. The second-order valence-electron chi connectivity index (χ2n) is 6.27. The molecule has 0 saturated heterocycles. The van der Waals surface area contributed by atoms with E-state index < -0.39 is 6.10 Å². The summed E-state index contributed by atoms with van der Waals surface area (Å²) in [5.41, 5.74) is 1.04. The fourth-order valence-electron chi connectivity index (χ4n) is 2.47. The van der Waals surface area contributed by atoms with Gasteiger partial charge in [-0.1, -0.05) is 20.8 Å². The van der Waals surface area contributed by atoms with E-state index in [1.807, 2.05) is 18.2 Å². The summed E-state index contributed by atoms with van der Waals surface area (Å²) in [5.74, 6) is 1.65. The molecule has 4 heteroatoms. The van der Waals surface area contributed by atoms with Crippen molar-refractivity contribution in [3.05, 3.63) is 23.8 Å². The molecule has 0 aromatic heterocycles. The van der Waals surface area contributed by atoms with Crippen LogP contribution in [-0.2, 0) is 10.2 Å². The second-order valence-corrected chi connectivity index (χ2v) is 6.27.